The fourth-order valence-corrected chi connectivity index (χ4v) is 3.60. The Morgan fingerprint density at radius 2 is 2.18 bits per heavy atom. The van der Waals surface area contributed by atoms with E-state index in [4.69, 9.17) is 9.73 Å². The molecular weight excluding hydrogens is 356 g/mol. The molecule has 0 fully saturated rings. The molecule has 3 heterocycles. The van der Waals surface area contributed by atoms with Crippen molar-refractivity contribution in [2.75, 3.05) is 39.1 Å². The summed E-state index contributed by atoms with van der Waals surface area (Å²) in [6.07, 6.45) is 11.1. The number of ether oxygens (including phenoxy) is 1. The minimum atomic E-state index is -0.0701. The predicted octanol–water partition coefficient (Wildman–Crippen LogP) is 1.74. The molecule has 1 unspecified atom stereocenters. The summed E-state index contributed by atoms with van der Waals surface area (Å²) >= 11 is 0. The van der Waals surface area contributed by atoms with Crippen LogP contribution in [0.2, 0.25) is 0 Å². The first-order chi connectivity index (χ1) is 13.6. The molecule has 1 amide bonds. The number of carbonyl (C=O) groups excluding carboxylic acids is 1. The Balaban J connectivity index is 1.64. The van der Waals surface area contributed by atoms with Crippen molar-refractivity contribution in [3.05, 3.63) is 41.3 Å². The Morgan fingerprint density at radius 3 is 3.07 bits per heavy atom. The van der Waals surface area contributed by atoms with E-state index < -0.39 is 0 Å². The average Bonchev–Trinajstić information content (AvgIpc) is 3.09. The number of aromatic nitrogens is 1. The number of H-pyrrole nitrogens is 1. The number of nitrogens with one attached hydrogen (secondary N) is 2. The Morgan fingerprint density at radius 1 is 1.29 bits per heavy atom. The largest absolute Gasteiger partial charge is 0.488 e. The van der Waals surface area contributed by atoms with E-state index >= 15 is 0 Å². The zero-order chi connectivity index (χ0) is 19.5. The van der Waals surface area contributed by atoms with Gasteiger partial charge in [0.15, 0.2) is 12.4 Å². The van der Waals surface area contributed by atoms with Gasteiger partial charge >= 0.3 is 0 Å². The number of amides is 1. The van der Waals surface area contributed by atoms with E-state index in [2.05, 4.69) is 27.2 Å². The Bertz CT molecular complexity index is 866. The van der Waals surface area contributed by atoms with Crippen LogP contribution in [0.1, 0.15) is 24.0 Å². The smallest absolute Gasteiger partial charge is 0.260 e. The molecule has 0 aromatic carbocycles. The van der Waals surface area contributed by atoms with E-state index in [1.54, 1.807) is 11.2 Å². The molecule has 2 N–H and O–H groups in total. The third kappa shape index (κ3) is 4.01. The van der Waals surface area contributed by atoms with Crippen molar-refractivity contribution in [3.63, 3.8) is 0 Å². The first-order valence-electron chi connectivity index (χ1n) is 9.60. The van der Waals surface area contributed by atoms with Gasteiger partial charge in [-0.1, -0.05) is 12.2 Å². The lowest BCUT2D eigenvalue weighted by atomic mass is 10.1. The van der Waals surface area contributed by atoms with Crippen LogP contribution in [0.3, 0.4) is 0 Å². The van der Waals surface area contributed by atoms with Gasteiger partial charge in [0.25, 0.3) is 5.91 Å². The fraction of sp³-hybridized carbons (Fsp3) is 0.450. The zero-order valence-electron chi connectivity index (χ0n) is 16.3. The molecule has 1 aromatic rings. The van der Waals surface area contributed by atoms with Crippen LogP contribution in [0.4, 0.5) is 5.82 Å². The van der Waals surface area contributed by atoms with Gasteiger partial charge in [-0.25, -0.2) is 4.99 Å². The van der Waals surface area contributed by atoms with E-state index in [0.29, 0.717) is 13.0 Å². The molecule has 1 aliphatic carbocycles. The molecular formula is C20H26N6O2. The fourth-order valence-electron chi connectivity index (χ4n) is 3.60. The van der Waals surface area contributed by atoms with Crippen molar-refractivity contribution in [1.29, 1.82) is 0 Å². The summed E-state index contributed by atoms with van der Waals surface area (Å²) in [4.78, 5) is 28.9. The van der Waals surface area contributed by atoms with Crippen molar-refractivity contribution in [3.8, 4) is 0 Å². The molecule has 2 bridgehead atoms. The van der Waals surface area contributed by atoms with Crippen LogP contribution in [0, 0.1) is 0 Å². The molecule has 1 atom stereocenters. The van der Waals surface area contributed by atoms with Gasteiger partial charge in [0.05, 0.1) is 23.7 Å². The number of allylic oxidation sites excluding steroid dienone is 2. The number of nitrogens with zero attached hydrogens (tertiary/aromatic N) is 4. The van der Waals surface area contributed by atoms with E-state index in [0.717, 1.165) is 48.0 Å². The second-order valence-corrected chi connectivity index (χ2v) is 7.40. The number of anilines is 1. The summed E-state index contributed by atoms with van der Waals surface area (Å²) in [5.41, 5.74) is 2.18. The van der Waals surface area contributed by atoms with Gasteiger partial charge in [-0.15, -0.1) is 0 Å². The molecule has 8 nitrogen and oxygen atoms in total. The highest BCUT2D eigenvalue weighted by Gasteiger charge is 2.23. The van der Waals surface area contributed by atoms with Crippen molar-refractivity contribution < 1.29 is 9.53 Å². The first-order valence-corrected chi connectivity index (χ1v) is 9.60. The van der Waals surface area contributed by atoms with Crippen LogP contribution >= 0.6 is 0 Å². The molecule has 8 heteroatoms. The van der Waals surface area contributed by atoms with Crippen LogP contribution in [0.5, 0.6) is 0 Å². The lowest BCUT2D eigenvalue weighted by molar-refractivity contribution is -0.133. The Kier molecular flexibility index (Phi) is 5.29. The van der Waals surface area contributed by atoms with Crippen LogP contribution < -0.4 is 5.32 Å². The molecule has 2 aliphatic heterocycles. The Hall–Kier alpha value is -2.87. The number of rotatable bonds is 0. The summed E-state index contributed by atoms with van der Waals surface area (Å²) in [5.74, 6) is 2.42. The van der Waals surface area contributed by atoms with Crippen molar-refractivity contribution >= 4 is 23.9 Å². The Labute approximate surface area is 164 Å². The maximum atomic E-state index is 12.3. The van der Waals surface area contributed by atoms with Crippen LogP contribution in [0.25, 0.3) is 0 Å². The van der Waals surface area contributed by atoms with Gasteiger partial charge < -0.3 is 24.8 Å². The molecule has 3 aliphatic rings. The molecule has 0 spiro atoms. The maximum absolute atomic E-state index is 12.3. The number of likely N-dealkylation sites (N-methyl/N-ethyl adjacent to an activating group) is 1. The molecule has 1 aromatic heterocycles. The van der Waals surface area contributed by atoms with E-state index in [9.17, 15) is 4.79 Å². The minimum Gasteiger partial charge on any atom is -0.488 e. The predicted molar refractivity (Wildman–Crippen MR) is 110 cm³/mol. The highest BCUT2D eigenvalue weighted by Crippen LogP contribution is 2.26. The normalized spacial score (nSPS) is 25.3. The summed E-state index contributed by atoms with van der Waals surface area (Å²) in [6.45, 7) is 2.44. The first kappa shape index (κ1) is 18.5. The third-order valence-corrected chi connectivity index (χ3v) is 5.18. The molecule has 28 heavy (non-hydrogen) atoms. The molecule has 148 valence electrons. The number of fused-ring (bicyclic) bond motifs is 2. The van der Waals surface area contributed by atoms with Gasteiger partial charge in [-0.05, 0) is 31.7 Å². The summed E-state index contributed by atoms with van der Waals surface area (Å²) in [6, 6.07) is -0.0701. The minimum absolute atomic E-state index is 0.00594. The molecule has 0 saturated carbocycles. The van der Waals surface area contributed by atoms with E-state index in [-0.39, 0.29) is 18.6 Å². The topological polar surface area (TPSA) is 85.3 Å². The quantitative estimate of drug-likeness (QED) is 0.716. The van der Waals surface area contributed by atoms with E-state index in [1.807, 2.05) is 31.5 Å². The summed E-state index contributed by atoms with van der Waals surface area (Å²) < 4.78 is 5.76. The molecule has 4 rings (SSSR count). The van der Waals surface area contributed by atoms with Gasteiger partial charge in [-0.2, -0.15) is 0 Å². The average molecular weight is 382 g/mol. The number of amidine groups is 1. The highest BCUT2D eigenvalue weighted by atomic mass is 16.5. The van der Waals surface area contributed by atoms with Gasteiger partial charge in [0, 0.05) is 32.8 Å². The highest BCUT2D eigenvalue weighted by molar-refractivity contribution is 6.12. The number of aliphatic imine (C=N–C) groups is 2. The SMILES string of the molecule is CN1CCCN(C)C(=O)COC2=CC=CC(C2)/N=C2\N=CNc3[nH]cc(c32)C1. The van der Waals surface area contributed by atoms with Crippen molar-refractivity contribution in [2.24, 2.45) is 9.98 Å². The molecule has 0 radical (unpaired) electrons. The second-order valence-electron chi connectivity index (χ2n) is 7.40. The van der Waals surface area contributed by atoms with Gasteiger partial charge in [0.1, 0.15) is 5.82 Å². The number of hydrogen-bond donors (Lipinski definition) is 2. The standard InChI is InChI=1S/C20H26N6O2/c1-25-7-4-8-26(2)17(27)12-28-16-6-3-5-15(9-16)24-20-18-14(11-25)10-21-19(18)22-13-23-20/h3,5-6,10,13,15H,4,7-9,11-12H2,1-2H3,(H2,21,22,23,24). The number of carbonyl (C=O) groups is 1. The van der Waals surface area contributed by atoms with Gasteiger partial charge in [-0.3, -0.25) is 9.79 Å². The van der Waals surface area contributed by atoms with E-state index in [1.165, 1.54) is 0 Å². The molecule has 0 saturated heterocycles. The number of aromatic amines is 1. The van der Waals surface area contributed by atoms with Crippen LogP contribution in [-0.2, 0) is 16.1 Å². The lowest BCUT2D eigenvalue weighted by Gasteiger charge is -2.23. The van der Waals surface area contributed by atoms with Crippen LogP contribution in [0.15, 0.2) is 40.2 Å². The summed E-state index contributed by atoms with van der Waals surface area (Å²) in [5, 5.41) is 3.17. The zero-order valence-corrected chi connectivity index (χ0v) is 16.3. The number of hydrogen-bond acceptors (Lipinski definition) is 6. The van der Waals surface area contributed by atoms with Crippen molar-refractivity contribution in [2.45, 2.75) is 25.4 Å². The third-order valence-electron chi connectivity index (χ3n) is 5.18. The monoisotopic (exact) mass is 382 g/mol. The maximum Gasteiger partial charge on any atom is 0.260 e. The lowest BCUT2D eigenvalue weighted by Crippen LogP contribution is -2.33. The second kappa shape index (κ2) is 8.02. The van der Waals surface area contributed by atoms with Gasteiger partial charge in [0.2, 0.25) is 0 Å². The van der Waals surface area contributed by atoms with Crippen LogP contribution in [-0.4, -0.2) is 72.7 Å². The van der Waals surface area contributed by atoms with Crippen molar-refractivity contribution in [1.82, 2.24) is 14.8 Å². The summed E-state index contributed by atoms with van der Waals surface area (Å²) in [7, 11) is 3.92.